The number of anilines is 3. The molecule has 0 atom stereocenters. The molecule has 0 spiro atoms. The van der Waals surface area contributed by atoms with Gasteiger partial charge in [0.2, 0.25) is 5.91 Å². The van der Waals surface area contributed by atoms with Crippen LogP contribution in [0.15, 0.2) is 48.5 Å². The van der Waals surface area contributed by atoms with Crippen molar-refractivity contribution >= 4 is 23.0 Å². The topological polar surface area (TPSA) is 53.6 Å². The summed E-state index contributed by atoms with van der Waals surface area (Å²) in [6.45, 7) is 5.43. The smallest absolute Gasteiger partial charge is 0.243 e. The van der Waals surface area contributed by atoms with Crippen LogP contribution in [-0.4, -0.2) is 38.8 Å². The van der Waals surface area contributed by atoms with Crippen molar-refractivity contribution in [2.75, 3.05) is 48.4 Å². The van der Waals surface area contributed by atoms with Crippen molar-refractivity contribution in [1.29, 1.82) is 0 Å². The molecule has 1 amide bonds. The lowest BCUT2D eigenvalue weighted by atomic mass is 10.2. The van der Waals surface area contributed by atoms with Gasteiger partial charge in [0, 0.05) is 18.8 Å². The molecule has 0 aliphatic carbocycles. The molecule has 24 heavy (non-hydrogen) atoms. The van der Waals surface area contributed by atoms with Crippen molar-refractivity contribution in [2.24, 2.45) is 0 Å². The molecule has 1 heterocycles. The van der Waals surface area contributed by atoms with Crippen LogP contribution in [-0.2, 0) is 9.53 Å². The van der Waals surface area contributed by atoms with Crippen molar-refractivity contribution in [2.45, 2.75) is 6.92 Å². The van der Waals surface area contributed by atoms with Gasteiger partial charge >= 0.3 is 0 Å². The summed E-state index contributed by atoms with van der Waals surface area (Å²) in [7, 11) is 0. The highest BCUT2D eigenvalue weighted by Crippen LogP contribution is 2.26. The Balaban J connectivity index is 1.62. The van der Waals surface area contributed by atoms with E-state index in [0.717, 1.165) is 48.9 Å². The first kappa shape index (κ1) is 16.3. The molecule has 0 radical (unpaired) electrons. The number of ether oxygens (including phenoxy) is 1. The lowest BCUT2D eigenvalue weighted by Gasteiger charge is -2.30. The molecule has 0 bridgehead atoms. The van der Waals surface area contributed by atoms with Crippen LogP contribution >= 0.6 is 0 Å². The molecule has 0 aromatic heterocycles. The van der Waals surface area contributed by atoms with E-state index in [1.54, 1.807) is 0 Å². The molecule has 5 nitrogen and oxygen atoms in total. The van der Waals surface area contributed by atoms with Crippen molar-refractivity contribution in [3.8, 4) is 0 Å². The number of carbonyl (C=O) groups is 1. The lowest BCUT2D eigenvalue weighted by molar-refractivity contribution is -0.114. The second kappa shape index (κ2) is 7.84. The third kappa shape index (κ3) is 4.06. The van der Waals surface area contributed by atoms with Crippen LogP contribution in [0.2, 0.25) is 0 Å². The van der Waals surface area contributed by atoms with E-state index in [4.69, 9.17) is 4.74 Å². The number of nitrogens with one attached hydrogen (secondary N) is 2. The van der Waals surface area contributed by atoms with Crippen molar-refractivity contribution in [3.05, 3.63) is 54.1 Å². The quantitative estimate of drug-likeness (QED) is 0.887. The Kier molecular flexibility index (Phi) is 5.33. The fraction of sp³-hybridized carbons (Fsp3) is 0.316. The van der Waals surface area contributed by atoms with E-state index >= 15 is 0 Å². The number of rotatable bonds is 5. The average molecular weight is 325 g/mol. The second-order valence-electron chi connectivity index (χ2n) is 5.83. The van der Waals surface area contributed by atoms with Gasteiger partial charge in [-0.25, -0.2) is 0 Å². The summed E-state index contributed by atoms with van der Waals surface area (Å²) in [6.07, 6.45) is 0. The van der Waals surface area contributed by atoms with E-state index in [1.807, 2.05) is 49.4 Å². The molecule has 2 aromatic rings. The highest BCUT2D eigenvalue weighted by molar-refractivity contribution is 5.94. The number of benzene rings is 2. The van der Waals surface area contributed by atoms with Crippen molar-refractivity contribution in [1.82, 2.24) is 0 Å². The summed E-state index contributed by atoms with van der Waals surface area (Å²) in [5, 5.41) is 6.20. The fourth-order valence-electron chi connectivity index (χ4n) is 2.79. The van der Waals surface area contributed by atoms with E-state index in [0.29, 0.717) is 0 Å². The van der Waals surface area contributed by atoms with Crippen LogP contribution in [0.5, 0.6) is 0 Å². The third-order valence-corrected chi connectivity index (χ3v) is 4.11. The minimum absolute atomic E-state index is 0.0546. The molecule has 126 valence electrons. The Bertz CT molecular complexity index is 697. The molecule has 2 N–H and O–H groups in total. The van der Waals surface area contributed by atoms with Gasteiger partial charge in [0.25, 0.3) is 0 Å². The minimum atomic E-state index is -0.0546. The van der Waals surface area contributed by atoms with Crippen LogP contribution in [0.3, 0.4) is 0 Å². The highest BCUT2D eigenvalue weighted by Gasteiger charge is 2.14. The largest absolute Gasteiger partial charge is 0.378 e. The zero-order valence-corrected chi connectivity index (χ0v) is 13.9. The Morgan fingerprint density at radius 3 is 2.46 bits per heavy atom. The first-order valence-electron chi connectivity index (χ1n) is 8.25. The lowest BCUT2D eigenvalue weighted by Crippen LogP contribution is -2.36. The maximum atomic E-state index is 12.2. The van der Waals surface area contributed by atoms with Crippen LogP contribution in [0, 0.1) is 6.92 Å². The summed E-state index contributed by atoms with van der Waals surface area (Å²) >= 11 is 0. The molecule has 2 aromatic carbocycles. The van der Waals surface area contributed by atoms with Gasteiger partial charge < -0.3 is 20.3 Å². The van der Waals surface area contributed by atoms with Gasteiger partial charge in [-0.15, -0.1) is 0 Å². The molecule has 5 heteroatoms. The average Bonchev–Trinajstić information content (AvgIpc) is 2.63. The Morgan fingerprint density at radius 2 is 1.71 bits per heavy atom. The van der Waals surface area contributed by atoms with Crippen LogP contribution < -0.4 is 15.5 Å². The Hall–Kier alpha value is -2.53. The number of hydrogen-bond donors (Lipinski definition) is 2. The number of amides is 1. The molecule has 1 aliphatic heterocycles. The number of aryl methyl sites for hydroxylation is 1. The van der Waals surface area contributed by atoms with Gasteiger partial charge in [-0.05, 0) is 30.7 Å². The monoisotopic (exact) mass is 325 g/mol. The molecule has 0 saturated carbocycles. The highest BCUT2D eigenvalue weighted by atomic mass is 16.5. The Morgan fingerprint density at radius 1 is 1.04 bits per heavy atom. The zero-order chi connectivity index (χ0) is 16.8. The van der Waals surface area contributed by atoms with Gasteiger partial charge in [0.05, 0.1) is 31.1 Å². The predicted molar refractivity (Wildman–Crippen MR) is 97.8 cm³/mol. The standard InChI is InChI=1S/C19H23N3O2/c1-15-6-2-3-7-16(15)21-19(23)14-20-17-8-4-5-9-18(17)22-10-12-24-13-11-22/h2-9,20H,10-14H2,1H3,(H,21,23). The summed E-state index contributed by atoms with van der Waals surface area (Å²) in [5.74, 6) is -0.0546. The zero-order valence-electron chi connectivity index (χ0n) is 13.9. The van der Waals surface area contributed by atoms with Crippen LogP contribution in [0.1, 0.15) is 5.56 Å². The number of morpholine rings is 1. The van der Waals surface area contributed by atoms with Gasteiger partial charge in [0.15, 0.2) is 0 Å². The molecule has 1 saturated heterocycles. The summed E-state index contributed by atoms with van der Waals surface area (Å²) in [4.78, 5) is 14.5. The van der Waals surface area contributed by atoms with Crippen molar-refractivity contribution in [3.63, 3.8) is 0 Å². The molecule has 1 fully saturated rings. The molecule has 0 unspecified atom stereocenters. The van der Waals surface area contributed by atoms with E-state index in [2.05, 4.69) is 21.6 Å². The van der Waals surface area contributed by atoms with Gasteiger partial charge in [-0.3, -0.25) is 4.79 Å². The van der Waals surface area contributed by atoms with Gasteiger partial charge in [0.1, 0.15) is 0 Å². The maximum Gasteiger partial charge on any atom is 0.243 e. The summed E-state index contributed by atoms with van der Waals surface area (Å²) in [5.41, 5.74) is 3.99. The number of para-hydroxylation sites is 3. The molecule has 1 aliphatic rings. The van der Waals surface area contributed by atoms with Crippen LogP contribution in [0.25, 0.3) is 0 Å². The Labute approximate surface area is 142 Å². The van der Waals surface area contributed by atoms with E-state index in [-0.39, 0.29) is 12.5 Å². The summed E-state index contributed by atoms with van der Waals surface area (Å²) in [6, 6.07) is 15.9. The molecular formula is C19H23N3O2. The fourth-order valence-corrected chi connectivity index (χ4v) is 2.79. The first-order chi connectivity index (χ1) is 11.7. The second-order valence-corrected chi connectivity index (χ2v) is 5.83. The van der Waals surface area contributed by atoms with E-state index in [1.165, 1.54) is 0 Å². The van der Waals surface area contributed by atoms with Crippen molar-refractivity contribution < 1.29 is 9.53 Å². The first-order valence-corrected chi connectivity index (χ1v) is 8.25. The predicted octanol–water partition coefficient (Wildman–Crippen LogP) is 2.88. The van der Waals surface area contributed by atoms with Crippen LogP contribution in [0.4, 0.5) is 17.1 Å². The number of nitrogens with zero attached hydrogens (tertiary/aromatic N) is 1. The SMILES string of the molecule is Cc1ccccc1NC(=O)CNc1ccccc1N1CCOCC1. The third-order valence-electron chi connectivity index (χ3n) is 4.11. The van der Waals surface area contributed by atoms with Gasteiger partial charge in [-0.2, -0.15) is 0 Å². The minimum Gasteiger partial charge on any atom is -0.378 e. The molecular weight excluding hydrogens is 302 g/mol. The molecule has 3 rings (SSSR count). The van der Waals surface area contributed by atoms with Gasteiger partial charge in [-0.1, -0.05) is 30.3 Å². The normalized spacial score (nSPS) is 14.3. The number of hydrogen-bond acceptors (Lipinski definition) is 4. The van der Waals surface area contributed by atoms with E-state index in [9.17, 15) is 4.79 Å². The van der Waals surface area contributed by atoms with E-state index < -0.39 is 0 Å². The maximum absolute atomic E-state index is 12.2. The summed E-state index contributed by atoms with van der Waals surface area (Å²) < 4.78 is 5.41. The number of carbonyl (C=O) groups excluding carboxylic acids is 1.